The summed E-state index contributed by atoms with van der Waals surface area (Å²) in [7, 11) is 0. The third kappa shape index (κ3) is 5.42. The van der Waals surface area contributed by atoms with Crippen LogP contribution in [0.1, 0.15) is 63.0 Å². The predicted octanol–water partition coefficient (Wildman–Crippen LogP) is 13.6. The van der Waals surface area contributed by atoms with Crippen LogP contribution in [0.5, 0.6) is 0 Å². The number of rotatable bonds is 6. The van der Waals surface area contributed by atoms with Crippen LogP contribution in [-0.4, -0.2) is 0 Å². The van der Waals surface area contributed by atoms with E-state index in [1.54, 1.807) is 22.3 Å². The fourth-order valence-electron chi connectivity index (χ4n) is 10.7. The second kappa shape index (κ2) is 12.7. The molecule has 1 heteroatoms. The van der Waals surface area contributed by atoms with Crippen molar-refractivity contribution in [1.82, 2.24) is 0 Å². The predicted molar refractivity (Wildman–Crippen MR) is 219 cm³/mol. The van der Waals surface area contributed by atoms with Crippen LogP contribution in [0.4, 0.5) is 0 Å². The molecular weight excluding hydrogens is 791 g/mol. The molecule has 0 spiro atoms. The SMILES string of the molecule is Cc1cc(C)cc(-c2cccc3c2C=C2[CH]3[Hf]([CH3])([CH3])[CH]3C(=Cc4c(-c5cc(C)cc(C)c5)cccc43)C2(Cc2ccccc2)Cc2ccccc2)c1. The Kier molecular flexibility index (Phi) is 8.16. The van der Waals surface area contributed by atoms with E-state index in [2.05, 4.69) is 183 Å². The Labute approximate surface area is 315 Å². The van der Waals surface area contributed by atoms with E-state index in [4.69, 9.17) is 0 Å². The maximum absolute atomic E-state index is 3.33. The van der Waals surface area contributed by atoms with Crippen LogP contribution in [0.3, 0.4) is 0 Å². The number of benzene rings is 6. The molecule has 6 aromatic carbocycles. The summed E-state index contributed by atoms with van der Waals surface area (Å²) in [5, 5.41) is 0. The van der Waals surface area contributed by atoms with E-state index in [0.717, 1.165) is 12.8 Å². The van der Waals surface area contributed by atoms with Crippen molar-refractivity contribution in [2.24, 2.45) is 5.41 Å². The van der Waals surface area contributed by atoms with E-state index in [9.17, 15) is 0 Å². The van der Waals surface area contributed by atoms with E-state index >= 15 is 0 Å². The first-order chi connectivity index (χ1) is 25.1. The molecule has 2 aliphatic carbocycles. The molecule has 0 saturated carbocycles. The molecule has 256 valence electrons. The van der Waals surface area contributed by atoms with Crippen LogP contribution in [0, 0.1) is 33.1 Å². The van der Waals surface area contributed by atoms with Gasteiger partial charge in [0.2, 0.25) is 0 Å². The molecule has 1 fully saturated rings. The van der Waals surface area contributed by atoms with Gasteiger partial charge in [0, 0.05) is 0 Å². The van der Waals surface area contributed by atoms with Crippen LogP contribution in [0.25, 0.3) is 34.4 Å². The molecular formula is C51H48Hf. The minimum atomic E-state index is -3.33. The zero-order chi connectivity index (χ0) is 35.8. The molecule has 6 aromatic rings. The third-order valence-corrected chi connectivity index (χ3v) is 27.6. The van der Waals surface area contributed by atoms with Gasteiger partial charge in [0.15, 0.2) is 0 Å². The Morgan fingerprint density at radius 1 is 0.462 bits per heavy atom. The number of allylic oxidation sites excluding steroid dienone is 2. The van der Waals surface area contributed by atoms with Crippen LogP contribution < -0.4 is 0 Å². The average Bonchev–Trinajstić information content (AvgIpc) is 3.73. The number of hydrogen-bond donors (Lipinski definition) is 0. The summed E-state index contributed by atoms with van der Waals surface area (Å²) in [5.74, 6) is 0. The van der Waals surface area contributed by atoms with Gasteiger partial charge in [-0.1, -0.05) is 0 Å². The standard InChI is InChI=1S/C49H42.2CH3.Hf/c1-33-21-34(2)24-41(23-33)45-19-11-17-39-27-43(29-47(39)45)49(31-37-13-7-5-8-14-37,32-38-15-9-6-10-16-38)44-28-40-18-12-20-46(48(40)30-44)42-25-35(3)22-36(4)26-42;;;/h5-30H,31-32H2,1-4H3;2*1H3;. The van der Waals surface area contributed by atoms with Gasteiger partial charge in [-0.25, -0.2) is 0 Å². The minimum absolute atomic E-state index is 0.162. The average molecular weight is 839 g/mol. The van der Waals surface area contributed by atoms with Crippen molar-refractivity contribution in [1.29, 1.82) is 0 Å². The summed E-state index contributed by atoms with van der Waals surface area (Å²) in [4.78, 5) is 0. The van der Waals surface area contributed by atoms with Crippen molar-refractivity contribution in [2.45, 2.75) is 57.2 Å². The molecule has 52 heavy (non-hydrogen) atoms. The van der Waals surface area contributed by atoms with Crippen LogP contribution in [0.15, 0.2) is 145 Å². The van der Waals surface area contributed by atoms with Crippen LogP contribution in [0.2, 0.25) is 9.36 Å². The summed E-state index contributed by atoms with van der Waals surface area (Å²) >= 11 is -3.33. The molecule has 1 aliphatic heterocycles. The monoisotopic (exact) mass is 840 g/mol. The molecule has 0 radical (unpaired) electrons. The van der Waals surface area contributed by atoms with Gasteiger partial charge in [0.05, 0.1) is 0 Å². The Bertz CT molecular complexity index is 2210. The van der Waals surface area contributed by atoms with E-state index in [0.29, 0.717) is 7.35 Å². The fraction of sp³-hybridized carbons (Fsp3) is 0.216. The van der Waals surface area contributed by atoms with Crippen LogP contribution >= 0.6 is 0 Å². The normalized spacial score (nSPS) is 18.9. The van der Waals surface area contributed by atoms with Gasteiger partial charge in [-0.2, -0.15) is 0 Å². The van der Waals surface area contributed by atoms with Gasteiger partial charge in [0.1, 0.15) is 0 Å². The number of aryl methyl sites for hydroxylation is 4. The first-order valence-corrected chi connectivity index (χ1v) is 30.4. The van der Waals surface area contributed by atoms with Crippen molar-refractivity contribution < 1.29 is 20.0 Å². The molecule has 2 unspecified atom stereocenters. The molecule has 9 rings (SSSR count). The zero-order valence-electron chi connectivity index (χ0n) is 31.4. The molecule has 0 nitrogen and oxygen atoms in total. The summed E-state index contributed by atoms with van der Waals surface area (Å²) < 4.78 is 6.57. The molecule has 1 saturated heterocycles. The third-order valence-electron chi connectivity index (χ3n) is 12.5. The van der Waals surface area contributed by atoms with E-state index in [1.165, 1.54) is 66.8 Å². The van der Waals surface area contributed by atoms with Gasteiger partial charge in [-0.05, 0) is 0 Å². The van der Waals surface area contributed by atoms with Gasteiger partial charge in [0.25, 0.3) is 0 Å². The van der Waals surface area contributed by atoms with Crippen molar-refractivity contribution in [2.75, 3.05) is 0 Å². The summed E-state index contributed by atoms with van der Waals surface area (Å²) in [6, 6.07) is 51.4. The van der Waals surface area contributed by atoms with Crippen molar-refractivity contribution in [3.63, 3.8) is 0 Å². The van der Waals surface area contributed by atoms with Gasteiger partial charge >= 0.3 is 317 Å². The second-order valence-corrected chi connectivity index (χ2v) is 33.9. The molecule has 0 N–H and O–H groups in total. The number of hydrogen-bond acceptors (Lipinski definition) is 0. The molecule has 3 aliphatic rings. The quantitative estimate of drug-likeness (QED) is 0.147. The van der Waals surface area contributed by atoms with Crippen molar-refractivity contribution in [3.8, 4) is 22.3 Å². The summed E-state index contributed by atoms with van der Waals surface area (Å²) in [6.07, 6.45) is 7.42. The zero-order valence-corrected chi connectivity index (χ0v) is 35.0. The Morgan fingerprint density at radius 2 is 0.846 bits per heavy atom. The Morgan fingerprint density at radius 3 is 1.23 bits per heavy atom. The van der Waals surface area contributed by atoms with Gasteiger partial charge in [-0.3, -0.25) is 0 Å². The topological polar surface area (TPSA) is 0 Å². The summed E-state index contributed by atoms with van der Waals surface area (Å²) in [5.41, 5.74) is 22.9. The molecule has 2 atom stereocenters. The first kappa shape index (κ1) is 33.5. The maximum atomic E-state index is 2.79. The Balaban J connectivity index is 1.35. The number of fused-ring (bicyclic) bond motifs is 6. The van der Waals surface area contributed by atoms with E-state index in [1.807, 2.05) is 0 Å². The first-order valence-electron chi connectivity index (χ1n) is 19.1. The van der Waals surface area contributed by atoms with Crippen LogP contribution in [-0.2, 0) is 32.8 Å². The fourth-order valence-corrected chi connectivity index (χ4v) is 27.8. The molecule has 1 heterocycles. The summed E-state index contributed by atoms with van der Waals surface area (Å²) in [6.45, 7) is 8.95. The van der Waals surface area contributed by atoms with E-state index in [-0.39, 0.29) is 5.41 Å². The Hall–Kier alpha value is -4.33. The van der Waals surface area contributed by atoms with E-state index < -0.39 is 20.0 Å². The second-order valence-electron chi connectivity index (χ2n) is 16.7. The molecule has 0 bridgehead atoms. The van der Waals surface area contributed by atoms with Crippen molar-refractivity contribution in [3.05, 3.63) is 200 Å². The van der Waals surface area contributed by atoms with Gasteiger partial charge < -0.3 is 0 Å². The molecule has 0 aromatic heterocycles. The van der Waals surface area contributed by atoms with Crippen molar-refractivity contribution >= 4 is 12.2 Å². The van der Waals surface area contributed by atoms with Gasteiger partial charge in [-0.15, -0.1) is 0 Å². The molecule has 0 amide bonds.